The Hall–Kier alpha value is 0. The molecule has 0 aromatic carbocycles. The smallest absolute Gasteiger partial charge is 0.0205 e. The van der Waals surface area contributed by atoms with Crippen LogP contribution in [0.4, 0.5) is 0 Å². The topological polar surface area (TPSA) is 0 Å². The lowest BCUT2D eigenvalue weighted by molar-refractivity contribution is 0.149. The summed E-state index contributed by atoms with van der Waals surface area (Å²) in [5, 5.41) is 0. The summed E-state index contributed by atoms with van der Waals surface area (Å²) in [7, 11) is 0. The van der Waals surface area contributed by atoms with Crippen molar-refractivity contribution in [2.24, 2.45) is 17.8 Å². The van der Waals surface area contributed by atoms with Gasteiger partial charge in [0.25, 0.3) is 0 Å². The first-order valence-corrected chi connectivity index (χ1v) is 8.80. The minimum atomic E-state index is 1.06. The fourth-order valence-electron chi connectivity index (χ4n) is 5.20. The number of hydrogen-bond donors (Lipinski definition) is 0. The van der Waals surface area contributed by atoms with E-state index in [0.29, 0.717) is 0 Å². The molecule has 0 heteroatoms. The molecule has 0 nitrogen and oxygen atoms in total. The molecule has 0 aliphatic heterocycles. The van der Waals surface area contributed by atoms with E-state index >= 15 is 0 Å². The first-order valence-electron chi connectivity index (χ1n) is 8.80. The molecule has 3 saturated carbocycles. The molecule has 3 rings (SSSR count). The van der Waals surface area contributed by atoms with Gasteiger partial charge in [-0.05, 0) is 36.5 Å². The van der Waals surface area contributed by atoms with Crippen molar-refractivity contribution in [3.05, 3.63) is 5.92 Å². The van der Waals surface area contributed by atoms with Crippen LogP contribution in [0.3, 0.4) is 0 Å². The first kappa shape index (κ1) is 13.0. The van der Waals surface area contributed by atoms with Gasteiger partial charge >= 0.3 is 0 Å². The largest absolute Gasteiger partial charge is 0.0533 e. The van der Waals surface area contributed by atoms with E-state index in [1.54, 1.807) is 25.7 Å². The molecule has 0 atom stereocenters. The van der Waals surface area contributed by atoms with Crippen LogP contribution in [-0.4, -0.2) is 0 Å². The van der Waals surface area contributed by atoms with Crippen LogP contribution in [0.2, 0.25) is 0 Å². The standard InChI is InChI=1S/C18H31/c1-3-9-15(10-4-1)18(17-13-7-8-14-17)16-11-5-2-6-12-16/h15-16,18H,1-14H2. The minimum Gasteiger partial charge on any atom is -0.0533 e. The fraction of sp³-hybridized carbons (Fsp3) is 0.944. The average molecular weight is 247 g/mol. The second-order valence-electron chi connectivity index (χ2n) is 7.19. The molecule has 0 bridgehead atoms. The third-order valence-electron chi connectivity index (χ3n) is 6.03. The fourth-order valence-corrected chi connectivity index (χ4v) is 5.20. The molecule has 0 N–H and O–H groups in total. The van der Waals surface area contributed by atoms with Crippen molar-refractivity contribution in [1.82, 2.24) is 0 Å². The molecule has 103 valence electrons. The van der Waals surface area contributed by atoms with E-state index in [4.69, 9.17) is 0 Å². The van der Waals surface area contributed by atoms with Crippen LogP contribution in [0.25, 0.3) is 0 Å². The summed E-state index contributed by atoms with van der Waals surface area (Å²) >= 11 is 0. The average Bonchev–Trinajstić information content (AvgIpc) is 2.95. The molecule has 3 aliphatic rings. The van der Waals surface area contributed by atoms with Crippen LogP contribution >= 0.6 is 0 Å². The van der Waals surface area contributed by atoms with Crippen molar-refractivity contribution < 1.29 is 0 Å². The highest BCUT2D eigenvalue weighted by molar-refractivity contribution is 5.05. The lowest BCUT2D eigenvalue weighted by atomic mass is 9.64. The second kappa shape index (κ2) is 6.44. The van der Waals surface area contributed by atoms with Crippen LogP contribution in [0.5, 0.6) is 0 Å². The van der Waals surface area contributed by atoms with Gasteiger partial charge in [-0.2, -0.15) is 0 Å². The summed E-state index contributed by atoms with van der Waals surface area (Å²) in [4.78, 5) is 0. The first-order chi connectivity index (χ1) is 8.95. The third-order valence-corrected chi connectivity index (χ3v) is 6.03. The van der Waals surface area contributed by atoms with Gasteiger partial charge in [-0.3, -0.25) is 0 Å². The summed E-state index contributed by atoms with van der Waals surface area (Å²) in [6.07, 6.45) is 21.4. The maximum absolute atomic E-state index is 2.02. The lowest BCUT2D eigenvalue weighted by Crippen LogP contribution is -2.31. The Bertz CT molecular complexity index is 208. The van der Waals surface area contributed by atoms with Gasteiger partial charge in [0.15, 0.2) is 0 Å². The summed E-state index contributed by atoms with van der Waals surface area (Å²) in [6, 6.07) is 0. The molecule has 0 aromatic heterocycles. The van der Waals surface area contributed by atoms with E-state index < -0.39 is 0 Å². The van der Waals surface area contributed by atoms with E-state index in [1.165, 1.54) is 64.2 Å². The molecule has 0 amide bonds. The Kier molecular flexibility index (Phi) is 4.65. The number of rotatable bonds is 3. The van der Waals surface area contributed by atoms with Crippen LogP contribution < -0.4 is 0 Å². The molecular formula is C18H31. The maximum Gasteiger partial charge on any atom is -0.0205 e. The molecule has 1 radical (unpaired) electrons. The predicted molar refractivity (Wildman–Crippen MR) is 78.4 cm³/mol. The Morgan fingerprint density at radius 2 is 1.00 bits per heavy atom. The van der Waals surface area contributed by atoms with Crippen molar-refractivity contribution in [1.29, 1.82) is 0 Å². The van der Waals surface area contributed by atoms with Gasteiger partial charge < -0.3 is 0 Å². The Balaban J connectivity index is 1.68. The van der Waals surface area contributed by atoms with Gasteiger partial charge in [0.1, 0.15) is 0 Å². The lowest BCUT2D eigenvalue weighted by Gasteiger charge is -2.41. The van der Waals surface area contributed by atoms with Crippen molar-refractivity contribution in [2.75, 3.05) is 0 Å². The molecule has 18 heavy (non-hydrogen) atoms. The monoisotopic (exact) mass is 247 g/mol. The van der Waals surface area contributed by atoms with Gasteiger partial charge in [-0.25, -0.2) is 0 Å². The Labute approximate surface area is 114 Å². The molecule has 0 spiro atoms. The summed E-state index contributed by atoms with van der Waals surface area (Å²) < 4.78 is 0. The highest BCUT2D eigenvalue weighted by Gasteiger charge is 2.37. The van der Waals surface area contributed by atoms with E-state index in [2.05, 4.69) is 0 Å². The molecule has 3 aliphatic carbocycles. The molecule has 0 unspecified atom stereocenters. The van der Waals surface area contributed by atoms with Gasteiger partial charge in [-0.1, -0.05) is 77.0 Å². The zero-order chi connectivity index (χ0) is 12.2. The van der Waals surface area contributed by atoms with Gasteiger partial charge in [0.2, 0.25) is 0 Å². The number of hydrogen-bond acceptors (Lipinski definition) is 0. The molecular weight excluding hydrogens is 216 g/mol. The van der Waals surface area contributed by atoms with E-state index in [1.807, 2.05) is 5.92 Å². The zero-order valence-corrected chi connectivity index (χ0v) is 12.1. The van der Waals surface area contributed by atoms with Gasteiger partial charge in [-0.15, -0.1) is 0 Å². The summed E-state index contributed by atoms with van der Waals surface area (Å²) in [5.74, 6) is 5.27. The quantitative estimate of drug-likeness (QED) is 0.581. The highest BCUT2D eigenvalue weighted by Crippen LogP contribution is 2.49. The molecule has 0 aromatic rings. The van der Waals surface area contributed by atoms with Crippen molar-refractivity contribution in [3.63, 3.8) is 0 Å². The summed E-state index contributed by atoms with van der Waals surface area (Å²) in [6.45, 7) is 0. The Morgan fingerprint density at radius 1 is 0.556 bits per heavy atom. The SMILES string of the molecule is C1CCC(C([C]2CCCC2)C2CCCCC2)CC1. The molecule has 0 saturated heterocycles. The Morgan fingerprint density at radius 3 is 1.44 bits per heavy atom. The maximum atomic E-state index is 2.02. The van der Waals surface area contributed by atoms with Crippen molar-refractivity contribution in [2.45, 2.75) is 89.9 Å². The van der Waals surface area contributed by atoms with Crippen LogP contribution in [0.15, 0.2) is 0 Å². The van der Waals surface area contributed by atoms with Gasteiger partial charge in [0.05, 0.1) is 0 Å². The van der Waals surface area contributed by atoms with Crippen LogP contribution in [0, 0.1) is 23.7 Å². The van der Waals surface area contributed by atoms with Crippen LogP contribution in [0.1, 0.15) is 89.9 Å². The van der Waals surface area contributed by atoms with E-state index in [-0.39, 0.29) is 0 Å². The van der Waals surface area contributed by atoms with E-state index in [0.717, 1.165) is 17.8 Å². The van der Waals surface area contributed by atoms with Crippen LogP contribution in [-0.2, 0) is 0 Å². The predicted octanol–water partition coefficient (Wildman–Crippen LogP) is 5.91. The zero-order valence-electron chi connectivity index (χ0n) is 12.1. The minimum absolute atomic E-state index is 1.06. The third kappa shape index (κ3) is 2.94. The van der Waals surface area contributed by atoms with Gasteiger partial charge in [0, 0.05) is 0 Å². The normalized spacial score (nSPS) is 29.2. The van der Waals surface area contributed by atoms with Crippen molar-refractivity contribution >= 4 is 0 Å². The second-order valence-corrected chi connectivity index (χ2v) is 7.19. The van der Waals surface area contributed by atoms with E-state index in [9.17, 15) is 0 Å². The van der Waals surface area contributed by atoms with Crippen molar-refractivity contribution in [3.8, 4) is 0 Å². The summed E-state index contributed by atoms with van der Waals surface area (Å²) in [5.41, 5.74) is 0. The highest BCUT2D eigenvalue weighted by atomic mass is 14.4. The molecule has 0 heterocycles. The molecule has 3 fully saturated rings.